The van der Waals surface area contributed by atoms with E-state index in [0.29, 0.717) is 30.2 Å². The zero-order valence-electron chi connectivity index (χ0n) is 11.1. The predicted molar refractivity (Wildman–Crippen MR) is 73.1 cm³/mol. The van der Waals surface area contributed by atoms with Crippen LogP contribution >= 0.6 is 0 Å². The van der Waals surface area contributed by atoms with Gasteiger partial charge in [-0.05, 0) is 26.0 Å². The van der Waals surface area contributed by atoms with Crippen molar-refractivity contribution in [3.8, 4) is 5.75 Å². The number of anilines is 2. The van der Waals surface area contributed by atoms with Crippen molar-refractivity contribution in [3.05, 3.63) is 30.4 Å². The molecule has 0 atom stereocenters. The summed E-state index contributed by atoms with van der Waals surface area (Å²) in [5.74, 6) is 1.38. The number of nitrogens with two attached hydrogens (primary N) is 1. The minimum Gasteiger partial charge on any atom is -0.489 e. The molecule has 1 aromatic heterocycles. The van der Waals surface area contributed by atoms with E-state index in [2.05, 4.69) is 20.0 Å². The largest absolute Gasteiger partial charge is 0.489 e. The van der Waals surface area contributed by atoms with Gasteiger partial charge in [0.15, 0.2) is 5.82 Å². The minimum absolute atomic E-state index is 0.0943. The van der Waals surface area contributed by atoms with Crippen LogP contribution in [0.2, 0.25) is 0 Å². The molecule has 1 aromatic carbocycles. The molecule has 0 aliphatic heterocycles. The monoisotopic (exact) mass is 262 g/mol. The van der Waals surface area contributed by atoms with E-state index in [9.17, 15) is 0 Å². The summed E-state index contributed by atoms with van der Waals surface area (Å²) < 4.78 is 10.3. The normalized spacial score (nSPS) is 10.7. The Morgan fingerprint density at radius 2 is 2.26 bits per heavy atom. The maximum Gasteiger partial charge on any atom is 0.213 e. The molecule has 0 amide bonds. The molecule has 0 saturated carbocycles. The molecule has 6 nitrogen and oxygen atoms in total. The Kier molecular flexibility index (Phi) is 4.22. The zero-order chi connectivity index (χ0) is 13.7. The quantitative estimate of drug-likeness (QED) is 0.775. The fourth-order valence-electron chi connectivity index (χ4n) is 1.62. The third-order valence-corrected chi connectivity index (χ3v) is 2.46. The van der Waals surface area contributed by atoms with Crippen LogP contribution in [0, 0.1) is 0 Å². The first-order chi connectivity index (χ1) is 9.15. The average Bonchev–Trinajstić information content (AvgIpc) is 2.86. The Morgan fingerprint density at radius 3 is 2.95 bits per heavy atom. The van der Waals surface area contributed by atoms with Gasteiger partial charge < -0.3 is 20.3 Å². The van der Waals surface area contributed by atoms with E-state index in [1.54, 1.807) is 0 Å². The number of nitrogen functional groups attached to an aromatic ring is 1. The van der Waals surface area contributed by atoms with E-state index in [4.69, 9.17) is 10.5 Å². The number of rotatable bonds is 6. The third-order valence-electron chi connectivity index (χ3n) is 2.46. The maximum atomic E-state index is 5.86. The number of hydrogen-bond donors (Lipinski definition) is 2. The van der Waals surface area contributed by atoms with Crippen LogP contribution in [0.1, 0.15) is 19.7 Å². The van der Waals surface area contributed by atoms with Crippen molar-refractivity contribution in [1.82, 2.24) is 10.1 Å². The van der Waals surface area contributed by atoms with Crippen molar-refractivity contribution in [2.75, 3.05) is 17.6 Å². The lowest BCUT2D eigenvalue weighted by molar-refractivity contribution is 0.244. The van der Waals surface area contributed by atoms with Crippen molar-refractivity contribution < 1.29 is 9.26 Å². The Hall–Kier alpha value is -2.24. The summed E-state index contributed by atoms with van der Waals surface area (Å²) >= 11 is 0. The second-order valence-electron chi connectivity index (χ2n) is 4.44. The van der Waals surface area contributed by atoms with Crippen LogP contribution in [-0.4, -0.2) is 22.8 Å². The molecule has 0 aliphatic rings. The molecule has 0 aliphatic carbocycles. The van der Waals surface area contributed by atoms with E-state index in [-0.39, 0.29) is 6.10 Å². The molecule has 2 rings (SSSR count). The maximum absolute atomic E-state index is 5.86. The van der Waals surface area contributed by atoms with Gasteiger partial charge in [-0.3, -0.25) is 0 Å². The lowest BCUT2D eigenvalue weighted by atomic mass is 10.2. The highest BCUT2D eigenvalue weighted by molar-refractivity contribution is 5.61. The molecule has 102 valence electrons. The summed E-state index contributed by atoms with van der Waals surface area (Å²) in [7, 11) is 0. The molecule has 0 bridgehead atoms. The summed E-state index contributed by atoms with van der Waals surface area (Å²) in [5, 5.41) is 7.01. The van der Waals surface area contributed by atoms with Gasteiger partial charge in [-0.2, -0.15) is 4.98 Å². The smallest absolute Gasteiger partial charge is 0.213 e. The fourth-order valence-corrected chi connectivity index (χ4v) is 1.62. The number of benzene rings is 1. The number of nitrogens with zero attached hydrogens (tertiary/aromatic N) is 2. The second kappa shape index (κ2) is 6.08. The van der Waals surface area contributed by atoms with Crippen molar-refractivity contribution in [2.45, 2.75) is 26.4 Å². The van der Waals surface area contributed by atoms with Gasteiger partial charge in [-0.1, -0.05) is 5.16 Å². The Morgan fingerprint density at radius 1 is 1.42 bits per heavy atom. The first kappa shape index (κ1) is 13.2. The Balaban J connectivity index is 1.93. The van der Waals surface area contributed by atoms with Gasteiger partial charge >= 0.3 is 0 Å². The van der Waals surface area contributed by atoms with E-state index >= 15 is 0 Å². The van der Waals surface area contributed by atoms with Crippen LogP contribution in [0.5, 0.6) is 5.75 Å². The summed E-state index contributed by atoms with van der Waals surface area (Å²) in [6.45, 7) is 4.65. The van der Waals surface area contributed by atoms with Gasteiger partial charge in [0, 0.05) is 24.7 Å². The molecule has 0 saturated heterocycles. The van der Waals surface area contributed by atoms with Crippen molar-refractivity contribution in [3.63, 3.8) is 0 Å². The van der Waals surface area contributed by atoms with Gasteiger partial charge in [-0.25, -0.2) is 0 Å². The Bertz CT molecular complexity index is 511. The van der Waals surface area contributed by atoms with Crippen LogP contribution in [0.3, 0.4) is 0 Å². The number of nitrogens with one attached hydrogen (secondary N) is 1. The second-order valence-corrected chi connectivity index (χ2v) is 4.44. The van der Waals surface area contributed by atoms with Crippen LogP contribution in [0.15, 0.2) is 29.1 Å². The van der Waals surface area contributed by atoms with Crippen LogP contribution < -0.4 is 15.8 Å². The van der Waals surface area contributed by atoms with E-state index < -0.39 is 0 Å². The van der Waals surface area contributed by atoms with E-state index in [1.807, 2.05) is 32.0 Å². The highest BCUT2D eigenvalue weighted by atomic mass is 16.5. The molecule has 19 heavy (non-hydrogen) atoms. The molecule has 0 unspecified atom stereocenters. The third kappa shape index (κ3) is 3.87. The molecule has 0 spiro atoms. The fraction of sp³-hybridized carbons (Fsp3) is 0.385. The SMILES string of the molecule is CC(C)Oc1cc(NCCc2ncon2)ccc1N. The van der Waals surface area contributed by atoms with E-state index in [1.165, 1.54) is 6.39 Å². The topological polar surface area (TPSA) is 86.2 Å². The summed E-state index contributed by atoms with van der Waals surface area (Å²) in [5.41, 5.74) is 7.45. The van der Waals surface area contributed by atoms with Crippen LogP contribution in [0.25, 0.3) is 0 Å². The molecule has 2 aromatic rings. The first-order valence-corrected chi connectivity index (χ1v) is 6.20. The van der Waals surface area contributed by atoms with Gasteiger partial charge in [0.05, 0.1) is 11.8 Å². The van der Waals surface area contributed by atoms with Gasteiger partial charge in [-0.15, -0.1) is 0 Å². The Labute approximate surface area is 112 Å². The first-order valence-electron chi connectivity index (χ1n) is 6.20. The summed E-state index contributed by atoms with van der Waals surface area (Å²) in [6.07, 6.45) is 2.12. The molecule has 0 radical (unpaired) electrons. The number of ether oxygens (including phenoxy) is 1. The highest BCUT2D eigenvalue weighted by Crippen LogP contribution is 2.26. The standard InChI is InChI=1S/C13H18N4O2/c1-9(2)19-12-7-10(3-4-11(12)14)15-6-5-13-16-8-18-17-13/h3-4,7-9,15H,5-6,14H2,1-2H3. The molecule has 0 fully saturated rings. The highest BCUT2D eigenvalue weighted by Gasteiger charge is 2.05. The summed E-state index contributed by atoms with van der Waals surface area (Å²) in [4.78, 5) is 3.96. The average molecular weight is 262 g/mol. The molecular weight excluding hydrogens is 244 g/mol. The van der Waals surface area contributed by atoms with E-state index in [0.717, 1.165) is 5.69 Å². The van der Waals surface area contributed by atoms with Gasteiger partial charge in [0.2, 0.25) is 6.39 Å². The van der Waals surface area contributed by atoms with Crippen LogP contribution in [0.4, 0.5) is 11.4 Å². The molecule has 6 heteroatoms. The van der Waals surface area contributed by atoms with Gasteiger partial charge in [0.25, 0.3) is 0 Å². The predicted octanol–water partition coefficient (Wildman–Crippen LogP) is 2.09. The van der Waals surface area contributed by atoms with Crippen molar-refractivity contribution >= 4 is 11.4 Å². The van der Waals surface area contributed by atoms with Gasteiger partial charge in [0.1, 0.15) is 5.75 Å². The molecular formula is C13H18N4O2. The zero-order valence-corrected chi connectivity index (χ0v) is 11.1. The molecule has 1 heterocycles. The lowest BCUT2D eigenvalue weighted by Crippen LogP contribution is -2.09. The van der Waals surface area contributed by atoms with Crippen molar-refractivity contribution in [1.29, 1.82) is 0 Å². The van der Waals surface area contributed by atoms with Crippen LogP contribution in [-0.2, 0) is 6.42 Å². The lowest BCUT2D eigenvalue weighted by Gasteiger charge is -2.14. The number of aromatic nitrogens is 2. The van der Waals surface area contributed by atoms with Crippen molar-refractivity contribution in [2.24, 2.45) is 0 Å². The summed E-state index contributed by atoms with van der Waals surface area (Å²) in [6, 6.07) is 5.64. The minimum atomic E-state index is 0.0943. The number of hydrogen-bond acceptors (Lipinski definition) is 6. The molecule has 3 N–H and O–H groups in total.